The SMILES string of the molecule is CCc1ccc(C#N)c(CCl)c1C(=O)OC. The van der Waals surface area contributed by atoms with Crippen molar-refractivity contribution in [3.05, 3.63) is 34.4 Å². The molecule has 0 saturated heterocycles. The van der Waals surface area contributed by atoms with Gasteiger partial charge in [-0.3, -0.25) is 0 Å². The smallest absolute Gasteiger partial charge is 0.338 e. The van der Waals surface area contributed by atoms with Crippen molar-refractivity contribution in [1.82, 2.24) is 0 Å². The van der Waals surface area contributed by atoms with Crippen molar-refractivity contribution in [3.8, 4) is 6.07 Å². The monoisotopic (exact) mass is 237 g/mol. The average Bonchev–Trinajstić information content (AvgIpc) is 2.35. The molecule has 0 heterocycles. The van der Waals surface area contributed by atoms with Crippen LogP contribution >= 0.6 is 11.6 Å². The van der Waals surface area contributed by atoms with Crippen LogP contribution in [0.5, 0.6) is 0 Å². The molecule has 1 rings (SSSR count). The molecule has 0 amide bonds. The lowest BCUT2D eigenvalue weighted by Crippen LogP contribution is -2.10. The molecule has 0 saturated carbocycles. The zero-order valence-electron chi connectivity index (χ0n) is 9.21. The van der Waals surface area contributed by atoms with Crippen LogP contribution in [-0.2, 0) is 17.0 Å². The predicted molar refractivity (Wildman–Crippen MR) is 61.4 cm³/mol. The summed E-state index contributed by atoms with van der Waals surface area (Å²) in [6.07, 6.45) is 0.694. The van der Waals surface area contributed by atoms with Crippen molar-refractivity contribution >= 4 is 17.6 Å². The molecule has 0 radical (unpaired) electrons. The number of ether oxygens (including phenoxy) is 1. The van der Waals surface area contributed by atoms with Gasteiger partial charge in [0, 0.05) is 5.88 Å². The Hall–Kier alpha value is -1.53. The van der Waals surface area contributed by atoms with Crippen molar-refractivity contribution in [1.29, 1.82) is 5.26 Å². The summed E-state index contributed by atoms with van der Waals surface area (Å²) in [6.45, 7) is 1.94. The maximum atomic E-state index is 11.7. The van der Waals surface area contributed by atoms with Crippen LogP contribution < -0.4 is 0 Å². The molecule has 1 aromatic carbocycles. The van der Waals surface area contributed by atoms with E-state index in [1.807, 2.05) is 13.0 Å². The molecular formula is C12H12ClNO2. The first-order valence-corrected chi connectivity index (χ1v) is 5.42. The van der Waals surface area contributed by atoms with Crippen molar-refractivity contribution in [2.75, 3.05) is 7.11 Å². The van der Waals surface area contributed by atoms with E-state index in [1.54, 1.807) is 12.1 Å². The van der Waals surface area contributed by atoms with Crippen LogP contribution in [0.15, 0.2) is 12.1 Å². The van der Waals surface area contributed by atoms with Gasteiger partial charge in [0.25, 0.3) is 0 Å². The fourth-order valence-corrected chi connectivity index (χ4v) is 1.87. The van der Waals surface area contributed by atoms with E-state index in [-0.39, 0.29) is 5.88 Å². The van der Waals surface area contributed by atoms with Gasteiger partial charge in [-0.1, -0.05) is 13.0 Å². The van der Waals surface area contributed by atoms with E-state index in [0.29, 0.717) is 23.1 Å². The Bertz CT molecular complexity index is 449. The van der Waals surface area contributed by atoms with Gasteiger partial charge in [-0.2, -0.15) is 5.26 Å². The normalized spacial score (nSPS) is 9.62. The lowest BCUT2D eigenvalue weighted by Gasteiger charge is -2.11. The quantitative estimate of drug-likeness (QED) is 0.600. The number of aryl methyl sites for hydroxylation is 1. The summed E-state index contributed by atoms with van der Waals surface area (Å²) < 4.78 is 4.71. The number of nitrogens with zero attached hydrogens (tertiary/aromatic N) is 1. The highest BCUT2D eigenvalue weighted by Gasteiger charge is 2.18. The lowest BCUT2D eigenvalue weighted by molar-refractivity contribution is 0.0598. The van der Waals surface area contributed by atoms with E-state index in [9.17, 15) is 4.79 Å². The van der Waals surface area contributed by atoms with Gasteiger partial charge in [-0.15, -0.1) is 11.6 Å². The van der Waals surface area contributed by atoms with E-state index in [1.165, 1.54) is 7.11 Å². The number of halogens is 1. The highest BCUT2D eigenvalue weighted by Crippen LogP contribution is 2.22. The molecular weight excluding hydrogens is 226 g/mol. The van der Waals surface area contributed by atoms with E-state index in [4.69, 9.17) is 21.6 Å². The number of nitriles is 1. The molecule has 0 bridgehead atoms. The number of carbonyl (C=O) groups is 1. The van der Waals surface area contributed by atoms with Gasteiger partial charge in [0.15, 0.2) is 0 Å². The third-order valence-corrected chi connectivity index (χ3v) is 2.69. The largest absolute Gasteiger partial charge is 0.465 e. The first kappa shape index (κ1) is 12.5. The Morgan fingerprint density at radius 3 is 2.69 bits per heavy atom. The van der Waals surface area contributed by atoms with Crippen LogP contribution in [0, 0.1) is 11.3 Å². The third-order valence-electron chi connectivity index (χ3n) is 2.42. The summed E-state index contributed by atoms with van der Waals surface area (Å²) >= 11 is 5.79. The van der Waals surface area contributed by atoms with Crippen molar-refractivity contribution in [3.63, 3.8) is 0 Å². The molecule has 4 heteroatoms. The van der Waals surface area contributed by atoms with E-state index < -0.39 is 5.97 Å². The molecule has 0 unspecified atom stereocenters. The van der Waals surface area contributed by atoms with E-state index >= 15 is 0 Å². The van der Waals surface area contributed by atoms with Crippen LogP contribution in [0.3, 0.4) is 0 Å². The zero-order chi connectivity index (χ0) is 12.1. The molecule has 0 spiro atoms. The molecule has 0 aromatic heterocycles. The van der Waals surface area contributed by atoms with Gasteiger partial charge < -0.3 is 4.74 Å². The first-order valence-electron chi connectivity index (χ1n) is 4.88. The van der Waals surface area contributed by atoms with Crippen LogP contribution in [-0.4, -0.2) is 13.1 Å². The number of benzene rings is 1. The second kappa shape index (κ2) is 5.53. The maximum absolute atomic E-state index is 11.7. The van der Waals surface area contributed by atoms with E-state index in [2.05, 4.69) is 0 Å². The van der Waals surface area contributed by atoms with Crippen LogP contribution in [0.1, 0.15) is 34.0 Å². The second-order valence-electron chi connectivity index (χ2n) is 3.22. The minimum Gasteiger partial charge on any atom is -0.465 e. The van der Waals surface area contributed by atoms with Gasteiger partial charge in [0.2, 0.25) is 0 Å². The van der Waals surface area contributed by atoms with Crippen LogP contribution in [0.4, 0.5) is 0 Å². The Balaban J connectivity index is 3.50. The Labute approximate surface area is 99.6 Å². The molecule has 0 atom stereocenters. The maximum Gasteiger partial charge on any atom is 0.338 e. The first-order chi connectivity index (χ1) is 7.69. The number of hydrogen-bond acceptors (Lipinski definition) is 3. The van der Waals surface area contributed by atoms with Gasteiger partial charge >= 0.3 is 5.97 Å². The number of hydrogen-bond donors (Lipinski definition) is 0. The van der Waals surface area contributed by atoms with Crippen molar-refractivity contribution in [2.24, 2.45) is 0 Å². The lowest BCUT2D eigenvalue weighted by atomic mass is 9.96. The Kier molecular flexibility index (Phi) is 4.33. The highest BCUT2D eigenvalue weighted by atomic mass is 35.5. The summed E-state index contributed by atoms with van der Waals surface area (Å²) in [7, 11) is 1.32. The molecule has 1 aromatic rings. The van der Waals surface area contributed by atoms with Crippen molar-refractivity contribution in [2.45, 2.75) is 19.2 Å². The van der Waals surface area contributed by atoms with E-state index in [0.717, 1.165) is 5.56 Å². The van der Waals surface area contributed by atoms with Crippen molar-refractivity contribution < 1.29 is 9.53 Å². The van der Waals surface area contributed by atoms with Crippen LogP contribution in [0.2, 0.25) is 0 Å². The number of methoxy groups -OCH3 is 1. The molecule has 0 aliphatic heterocycles. The summed E-state index contributed by atoms with van der Waals surface area (Å²) in [4.78, 5) is 11.7. The third kappa shape index (κ3) is 2.17. The zero-order valence-corrected chi connectivity index (χ0v) is 9.97. The minimum atomic E-state index is -0.440. The number of rotatable bonds is 3. The predicted octanol–water partition coefficient (Wildman–Crippen LogP) is 2.65. The standard InChI is InChI=1S/C12H12ClNO2/c1-3-8-4-5-9(7-14)10(6-13)11(8)12(15)16-2/h4-5H,3,6H2,1-2H3. The second-order valence-corrected chi connectivity index (χ2v) is 3.48. The van der Waals surface area contributed by atoms with Crippen LogP contribution in [0.25, 0.3) is 0 Å². The summed E-state index contributed by atoms with van der Waals surface area (Å²) in [5.41, 5.74) is 2.25. The Morgan fingerprint density at radius 1 is 1.56 bits per heavy atom. The van der Waals surface area contributed by atoms with Gasteiger partial charge in [-0.25, -0.2) is 4.79 Å². The number of esters is 1. The fraction of sp³-hybridized carbons (Fsp3) is 0.333. The fourth-order valence-electron chi connectivity index (χ4n) is 1.59. The number of alkyl halides is 1. The molecule has 0 N–H and O–H groups in total. The topological polar surface area (TPSA) is 50.1 Å². The van der Waals surface area contributed by atoms with Gasteiger partial charge in [0.1, 0.15) is 0 Å². The van der Waals surface area contributed by atoms with Gasteiger partial charge in [0.05, 0.1) is 24.3 Å². The number of carbonyl (C=O) groups excluding carboxylic acids is 1. The molecule has 16 heavy (non-hydrogen) atoms. The highest BCUT2D eigenvalue weighted by molar-refractivity contribution is 6.18. The molecule has 0 aliphatic carbocycles. The van der Waals surface area contributed by atoms with Gasteiger partial charge in [-0.05, 0) is 23.6 Å². The molecule has 0 fully saturated rings. The summed E-state index contributed by atoms with van der Waals surface area (Å²) in [6, 6.07) is 5.47. The Morgan fingerprint density at radius 2 is 2.25 bits per heavy atom. The summed E-state index contributed by atoms with van der Waals surface area (Å²) in [5.74, 6) is -0.314. The minimum absolute atomic E-state index is 0.126. The summed E-state index contributed by atoms with van der Waals surface area (Å²) in [5, 5.41) is 8.93. The molecule has 0 aliphatic rings. The molecule has 84 valence electrons. The molecule has 3 nitrogen and oxygen atoms in total. The average molecular weight is 238 g/mol.